The zero-order chi connectivity index (χ0) is 14.9. The normalized spacial score (nSPS) is 21.4. The van der Waals surface area contributed by atoms with Gasteiger partial charge in [0.15, 0.2) is 5.17 Å². The molecule has 8 heteroatoms. The Hall–Kier alpha value is -1.21. The van der Waals surface area contributed by atoms with Gasteiger partial charge in [0, 0.05) is 0 Å². The fraction of sp³-hybridized carbons (Fsp3) is 0.333. The van der Waals surface area contributed by atoms with E-state index in [1.54, 1.807) is 0 Å². The molecule has 3 nitrogen and oxygen atoms in total. The summed E-state index contributed by atoms with van der Waals surface area (Å²) in [4.78, 5) is 15.5. The number of hydrogen-bond donors (Lipinski definition) is 1. The first kappa shape index (κ1) is 15.2. The fourth-order valence-corrected chi connectivity index (χ4v) is 2.79. The Morgan fingerprint density at radius 1 is 1.45 bits per heavy atom. The van der Waals surface area contributed by atoms with Gasteiger partial charge in [-0.25, -0.2) is 4.99 Å². The zero-order valence-electron chi connectivity index (χ0n) is 10.3. The Morgan fingerprint density at radius 3 is 2.70 bits per heavy atom. The van der Waals surface area contributed by atoms with Crippen molar-refractivity contribution in [2.24, 2.45) is 4.99 Å². The Kier molecular flexibility index (Phi) is 4.29. The Morgan fingerprint density at radius 2 is 2.15 bits per heavy atom. The van der Waals surface area contributed by atoms with Gasteiger partial charge in [-0.3, -0.25) is 4.79 Å². The predicted octanol–water partition coefficient (Wildman–Crippen LogP) is 3.99. The lowest BCUT2D eigenvalue weighted by Crippen LogP contribution is -2.24. The molecule has 0 aromatic heterocycles. The number of hydrogen-bond acceptors (Lipinski definition) is 3. The SMILES string of the molecule is CC[C@@H]1SC(=Nc2ccc(Cl)c(C(F)(F)F)c2)NC1=O. The van der Waals surface area contributed by atoms with Gasteiger partial charge < -0.3 is 5.32 Å². The quantitative estimate of drug-likeness (QED) is 0.894. The number of rotatable bonds is 2. The van der Waals surface area contributed by atoms with Crippen LogP contribution in [0.4, 0.5) is 18.9 Å². The summed E-state index contributed by atoms with van der Waals surface area (Å²) in [7, 11) is 0. The van der Waals surface area contributed by atoms with E-state index >= 15 is 0 Å². The van der Waals surface area contributed by atoms with E-state index in [2.05, 4.69) is 10.3 Å². The highest BCUT2D eigenvalue weighted by Gasteiger charge is 2.33. The molecule has 1 aromatic carbocycles. The van der Waals surface area contributed by atoms with Crippen molar-refractivity contribution in [1.82, 2.24) is 5.32 Å². The molecule has 1 saturated heterocycles. The summed E-state index contributed by atoms with van der Waals surface area (Å²) in [5.41, 5.74) is -0.844. The molecule has 20 heavy (non-hydrogen) atoms. The van der Waals surface area contributed by atoms with Crippen molar-refractivity contribution in [2.45, 2.75) is 24.8 Å². The number of halogens is 4. The van der Waals surface area contributed by atoms with Crippen molar-refractivity contribution < 1.29 is 18.0 Å². The standard InChI is InChI=1S/C12H10ClF3N2OS/c1-2-9-10(19)18-11(20-9)17-6-3-4-8(13)7(5-6)12(14,15)16/h3-5,9H,2H2,1H3,(H,17,18,19)/t9-/m0/s1. The molecule has 1 fully saturated rings. The summed E-state index contributed by atoms with van der Waals surface area (Å²) in [5.74, 6) is -0.179. The Labute approximate surface area is 122 Å². The molecule has 0 bridgehead atoms. The minimum Gasteiger partial charge on any atom is -0.304 e. The number of aliphatic imine (C=N–C) groups is 1. The van der Waals surface area contributed by atoms with E-state index < -0.39 is 11.7 Å². The van der Waals surface area contributed by atoms with Gasteiger partial charge in [-0.15, -0.1) is 0 Å². The Bertz CT molecular complexity index is 574. The first-order valence-electron chi connectivity index (χ1n) is 5.74. The van der Waals surface area contributed by atoms with Crippen LogP contribution in [-0.4, -0.2) is 16.3 Å². The third-order valence-electron chi connectivity index (χ3n) is 2.63. The molecule has 0 saturated carbocycles. The number of carbonyl (C=O) groups excluding carboxylic acids is 1. The maximum atomic E-state index is 12.7. The number of nitrogens with zero attached hydrogens (tertiary/aromatic N) is 1. The van der Waals surface area contributed by atoms with Gasteiger partial charge in [-0.1, -0.05) is 30.3 Å². The highest BCUT2D eigenvalue weighted by molar-refractivity contribution is 8.15. The topological polar surface area (TPSA) is 41.5 Å². The third kappa shape index (κ3) is 3.27. The number of carbonyl (C=O) groups is 1. The van der Waals surface area contributed by atoms with Gasteiger partial charge in [0.25, 0.3) is 0 Å². The van der Waals surface area contributed by atoms with Gasteiger partial charge in [-0.05, 0) is 24.6 Å². The first-order valence-corrected chi connectivity index (χ1v) is 7.00. The molecule has 1 amide bonds. The molecule has 1 aliphatic heterocycles. The van der Waals surface area contributed by atoms with E-state index in [0.717, 1.165) is 12.1 Å². The number of amides is 1. The van der Waals surface area contributed by atoms with Crippen LogP contribution in [0.15, 0.2) is 23.2 Å². The highest BCUT2D eigenvalue weighted by Crippen LogP contribution is 2.37. The number of nitrogens with one attached hydrogen (secondary N) is 1. The molecule has 1 aromatic rings. The van der Waals surface area contributed by atoms with Crippen LogP contribution in [-0.2, 0) is 11.0 Å². The predicted molar refractivity (Wildman–Crippen MR) is 73.4 cm³/mol. The molecule has 0 spiro atoms. The van der Waals surface area contributed by atoms with Gasteiger partial charge >= 0.3 is 6.18 Å². The maximum absolute atomic E-state index is 12.7. The first-order chi connectivity index (χ1) is 9.31. The smallest absolute Gasteiger partial charge is 0.304 e. The molecule has 0 aliphatic carbocycles. The average molecular weight is 323 g/mol. The molecule has 108 valence electrons. The van der Waals surface area contributed by atoms with Crippen LogP contribution >= 0.6 is 23.4 Å². The number of amidine groups is 1. The van der Waals surface area contributed by atoms with Crippen LogP contribution in [0.1, 0.15) is 18.9 Å². The lowest BCUT2D eigenvalue weighted by Gasteiger charge is -2.09. The van der Waals surface area contributed by atoms with Gasteiger partial charge in [0.1, 0.15) is 0 Å². The van der Waals surface area contributed by atoms with E-state index in [9.17, 15) is 18.0 Å². The van der Waals surface area contributed by atoms with Crippen LogP contribution in [0, 0.1) is 0 Å². The molecular formula is C12H10ClF3N2OS. The summed E-state index contributed by atoms with van der Waals surface area (Å²) in [5, 5.41) is 2.21. The van der Waals surface area contributed by atoms with E-state index in [-0.39, 0.29) is 21.9 Å². The maximum Gasteiger partial charge on any atom is 0.417 e. The van der Waals surface area contributed by atoms with Crippen LogP contribution in [0.25, 0.3) is 0 Å². The summed E-state index contributed by atoms with van der Waals surface area (Å²) in [6.07, 6.45) is -3.91. The summed E-state index contributed by atoms with van der Waals surface area (Å²) < 4.78 is 38.1. The number of benzene rings is 1. The van der Waals surface area contributed by atoms with Gasteiger partial charge in [0.05, 0.1) is 21.5 Å². The second kappa shape index (κ2) is 5.65. The van der Waals surface area contributed by atoms with E-state index in [1.807, 2.05) is 6.92 Å². The van der Waals surface area contributed by atoms with Gasteiger partial charge in [0.2, 0.25) is 5.91 Å². The molecule has 1 heterocycles. The second-order valence-corrected chi connectivity index (χ2v) is 5.68. The molecular weight excluding hydrogens is 313 g/mol. The molecule has 1 aliphatic rings. The van der Waals surface area contributed by atoms with Crippen molar-refractivity contribution in [3.05, 3.63) is 28.8 Å². The van der Waals surface area contributed by atoms with Crippen LogP contribution in [0.5, 0.6) is 0 Å². The lowest BCUT2D eigenvalue weighted by atomic mass is 10.2. The van der Waals surface area contributed by atoms with Crippen LogP contribution in [0.2, 0.25) is 5.02 Å². The lowest BCUT2D eigenvalue weighted by molar-refractivity contribution is -0.137. The van der Waals surface area contributed by atoms with Crippen molar-refractivity contribution in [2.75, 3.05) is 0 Å². The van der Waals surface area contributed by atoms with E-state index in [4.69, 9.17) is 11.6 Å². The average Bonchev–Trinajstić information content (AvgIpc) is 2.70. The van der Waals surface area contributed by atoms with Crippen molar-refractivity contribution in [3.63, 3.8) is 0 Å². The summed E-state index contributed by atoms with van der Waals surface area (Å²) in [6.45, 7) is 1.85. The fourth-order valence-electron chi connectivity index (χ4n) is 1.64. The summed E-state index contributed by atoms with van der Waals surface area (Å²) in [6, 6.07) is 3.38. The van der Waals surface area contributed by atoms with Crippen molar-refractivity contribution >= 4 is 40.1 Å². The van der Waals surface area contributed by atoms with E-state index in [0.29, 0.717) is 11.6 Å². The minimum atomic E-state index is -4.54. The summed E-state index contributed by atoms with van der Waals surface area (Å²) >= 11 is 6.73. The molecule has 1 N–H and O–H groups in total. The number of thioether (sulfide) groups is 1. The Balaban J connectivity index is 2.29. The molecule has 1 atom stereocenters. The van der Waals surface area contributed by atoms with Crippen molar-refractivity contribution in [1.29, 1.82) is 0 Å². The number of alkyl halides is 3. The zero-order valence-corrected chi connectivity index (χ0v) is 11.9. The molecule has 2 rings (SSSR count). The van der Waals surface area contributed by atoms with Crippen molar-refractivity contribution in [3.8, 4) is 0 Å². The van der Waals surface area contributed by atoms with Crippen LogP contribution in [0.3, 0.4) is 0 Å². The minimum absolute atomic E-state index is 0.0984. The largest absolute Gasteiger partial charge is 0.417 e. The molecule has 0 radical (unpaired) electrons. The third-order valence-corrected chi connectivity index (χ3v) is 4.21. The molecule has 0 unspecified atom stereocenters. The van der Waals surface area contributed by atoms with E-state index in [1.165, 1.54) is 17.8 Å². The monoisotopic (exact) mass is 322 g/mol. The van der Waals surface area contributed by atoms with Gasteiger partial charge in [-0.2, -0.15) is 13.2 Å². The second-order valence-electron chi connectivity index (χ2n) is 4.08. The van der Waals surface area contributed by atoms with Crippen LogP contribution < -0.4 is 5.32 Å². The highest BCUT2D eigenvalue weighted by atomic mass is 35.5.